The number of rotatable bonds is 11. The molecule has 0 aromatic heterocycles. The molecule has 1 fully saturated rings. The zero-order chi connectivity index (χ0) is 25.4. The SMILES string of the molecule is CCCCCCCOc1c(Cl)cc(C(=O)Nc2ccc(S(=O)(=O)N3CCC(C)CC3)cc2)cc1Cl. The molecule has 0 radical (unpaired) electrons. The van der Waals surface area contributed by atoms with E-state index < -0.39 is 15.9 Å². The fraction of sp³-hybridized carbons (Fsp3) is 0.500. The molecule has 6 nitrogen and oxygen atoms in total. The summed E-state index contributed by atoms with van der Waals surface area (Å²) in [7, 11) is -3.54. The van der Waals surface area contributed by atoms with Gasteiger partial charge in [-0.05, 0) is 61.6 Å². The van der Waals surface area contributed by atoms with Crippen molar-refractivity contribution in [2.75, 3.05) is 25.0 Å². The lowest BCUT2D eigenvalue weighted by Gasteiger charge is -2.29. The second-order valence-electron chi connectivity index (χ2n) is 9.10. The number of ether oxygens (including phenoxy) is 1. The Labute approximate surface area is 219 Å². The summed E-state index contributed by atoms with van der Waals surface area (Å²) in [4.78, 5) is 13.0. The number of unbranched alkanes of at least 4 members (excludes halogenated alkanes) is 4. The van der Waals surface area contributed by atoms with Gasteiger partial charge in [0.25, 0.3) is 5.91 Å². The molecule has 1 heterocycles. The van der Waals surface area contributed by atoms with Crippen LogP contribution >= 0.6 is 23.2 Å². The van der Waals surface area contributed by atoms with Crippen LogP contribution in [0.25, 0.3) is 0 Å². The Balaban J connectivity index is 1.60. The number of nitrogens with one attached hydrogen (secondary N) is 1. The molecule has 35 heavy (non-hydrogen) atoms. The Morgan fingerprint density at radius 2 is 1.63 bits per heavy atom. The number of benzene rings is 2. The average Bonchev–Trinajstić information content (AvgIpc) is 2.83. The summed E-state index contributed by atoms with van der Waals surface area (Å²) < 4.78 is 33.1. The van der Waals surface area contributed by atoms with Crippen molar-refractivity contribution in [3.8, 4) is 5.75 Å². The number of amides is 1. The van der Waals surface area contributed by atoms with Gasteiger partial charge in [-0.2, -0.15) is 4.31 Å². The molecule has 1 amide bonds. The van der Waals surface area contributed by atoms with Gasteiger partial charge in [-0.3, -0.25) is 4.79 Å². The largest absolute Gasteiger partial charge is 0.490 e. The van der Waals surface area contributed by atoms with Gasteiger partial charge in [-0.25, -0.2) is 8.42 Å². The molecule has 1 N–H and O–H groups in total. The van der Waals surface area contributed by atoms with Crippen molar-refractivity contribution in [2.24, 2.45) is 5.92 Å². The highest BCUT2D eigenvalue weighted by Gasteiger charge is 2.28. The van der Waals surface area contributed by atoms with Gasteiger partial charge in [0, 0.05) is 24.3 Å². The Kier molecular flexibility index (Phi) is 10.3. The van der Waals surface area contributed by atoms with E-state index in [-0.39, 0.29) is 20.5 Å². The van der Waals surface area contributed by atoms with E-state index >= 15 is 0 Å². The topological polar surface area (TPSA) is 75.7 Å². The lowest BCUT2D eigenvalue weighted by Crippen LogP contribution is -2.37. The van der Waals surface area contributed by atoms with Crippen molar-refractivity contribution in [3.05, 3.63) is 52.0 Å². The van der Waals surface area contributed by atoms with E-state index in [0.29, 0.717) is 37.1 Å². The minimum atomic E-state index is -3.54. The Bertz CT molecular complexity index is 1080. The van der Waals surface area contributed by atoms with E-state index in [2.05, 4.69) is 19.2 Å². The van der Waals surface area contributed by atoms with Crippen LogP contribution < -0.4 is 10.1 Å². The number of anilines is 1. The lowest BCUT2D eigenvalue weighted by molar-refractivity contribution is 0.102. The molecule has 0 saturated carbocycles. The molecule has 192 valence electrons. The van der Waals surface area contributed by atoms with E-state index in [1.165, 1.54) is 47.8 Å². The van der Waals surface area contributed by atoms with Crippen molar-refractivity contribution in [3.63, 3.8) is 0 Å². The Morgan fingerprint density at radius 1 is 1.03 bits per heavy atom. The van der Waals surface area contributed by atoms with Gasteiger partial charge in [-0.1, -0.05) is 62.7 Å². The molecule has 0 bridgehead atoms. The predicted molar refractivity (Wildman–Crippen MR) is 142 cm³/mol. The second kappa shape index (κ2) is 12.9. The average molecular weight is 542 g/mol. The standard InChI is InChI=1S/C26H34Cl2N2O4S/c1-3-4-5-6-7-16-34-25-23(27)17-20(18-24(25)28)26(31)29-21-8-10-22(11-9-21)35(32,33)30-14-12-19(2)13-15-30/h8-11,17-19H,3-7,12-16H2,1-2H3,(H,29,31). The predicted octanol–water partition coefficient (Wildman–Crippen LogP) is 7.02. The first-order valence-electron chi connectivity index (χ1n) is 12.3. The maximum absolute atomic E-state index is 12.9. The van der Waals surface area contributed by atoms with Crippen molar-refractivity contribution in [1.29, 1.82) is 0 Å². The fourth-order valence-electron chi connectivity index (χ4n) is 4.00. The van der Waals surface area contributed by atoms with Crippen LogP contribution in [0.1, 0.15) is 69.2 Å². The Morgan fingerprint density at radius 3 is 2.23 bits per heavy atom. The molecule has 0 atom stereocenters. The van der Waals surface area contributed by atoms with Crippen LogP contribution in [0.4, 0.5) is 5.69 Å². The monoisotopic (exact) mass is 540 g/mol. The van der Waals surface area contributed by atoms with E-state index in [4.69, 9.17) is 27.9 Å². The zero-order valence-electron chi connectivity index (χ0n) is 20.4. The molecule has 1 saturated heterocycles. The molecule has 3 rings (SSSR count). The van der Waals surface area contributed by atoms with Crippen LogP contribution in [0.15, 0.2) is 41.3 Å². The molecular weight excluding hydrogens is 507 g/mol. The number of hydrogen-bond acceptors (Lipinski definition) is 4. The zero-order valence-corrected chi connectivity index (χ0v) is 22.7. The summed E-state index contributed by atoms with van der Waals surface area (Å²) in [5.74, 6) is 0.514. The highest BCUT2D eigenvalue weighted by molar-refractivity contribution is 7.89. The number of hydrogen-bond donors (Lipinski definition) is 1. The van der Waals surface area contributed by atoms with E-state index in [1.54, 1.807) is 12.1 Å². The molecule has 2 aromatic carbocycles. The first-order valence-corrected chi connectivity index (χ1v) is 14.5. The van der Waals surface area contributed by atoms with E-state index in [1.807, 2.05) is 0 Å². The first kappa shape index (κ1) is 27.8. The van der Waals surface area contributed by atoms with E-state index in [0.717, 1.165) is 25.7 Å². The van der Waals surface area contributed by atoms with Crippen LogP contribution in [0.3, 0.4) is 0 Å². The third-order valence-corrected chi connectivity index (χ3v) is 8.72. The number of carbonyl (C=O) groups excluding carboxylic acids is 1. The third kappa shape index (κ3) is 7.59. The van der Waals surface area contributed by atoms with Gasteiger partial charge in [-0.15, -0.1) is 0 Å². The maximum Gasteiger partial charge on any atom is 0.255 e. The van der Waals surface area contributed by atoms with Crippen LogP contribution in [0, 0.1) is 5.92 Å². The van der Waals surface area contributed by atoms with Gasteiger partial charge in [0.2, 0.25) is 10.0 Å². The molecule has 9 heteroatoms. The molecule has 0 spiro atoms. The summed E-state index contributed by atoms with van der Waals surface area (Å²) in [6.07, 6.45) is 7.29. The van der Waals surface area contributed by atoms with Crippen molar-refractivity contribution < 1.29 is 17.9 Å². The summed E-state index contributed by atoms with van der Waals surface area (Å²) in [5.41, 5.74) is 0.760. The molecule has 0 unspecified atom stereocenters. The van der Waals surface area contributed by atoms with Crippen molar-refractivity contribution >= 4 is 44.8 Å². The summed E-state index contributed by atoms with van der Waals surface area (Å²) in [6.45, 7) is 5.88. The number of piperidine rings is 1. The number of nitrogens with zero attached hydrogens (tertiary/aromatic N) is 1. The minimum absolute atomic E-state index is 0.215. The third-order valence-electron chi connectivity index (χ3n) is 6.25. The normalized spacial score (nSPS) is 15.2. The van der Waals surface area contributed by atoms with Crippen molar-refractivity contribution in [1.82, 2.24) is 4.31 Å². The van der Waals surface area contributed by atoms with Gasteiger partial charge >= 0.3 is 0 Å². The van der Waals surface area contributed by atoms with Crippen LogP contribution in [-0.2, 0) is 10.0 Å². The maximum atomic E-state index is 12.9. The van der Waals surface area contributed by atoms with Crippen molar-refractivity contribution in [2.45, 2.75) is 63.7 Å². The minimum Gasteiger partial charge on any atom is -0.490 e. The smallest absolute Gasteiger partial charge is 0.255 e. The Hall–Kier alpha value is -1.80. The van der Waals surface area contributed by atoms with E-state index in [9.17, 15) is 13.2 Å². The van der Waals surface area contributed by atoms with Gasteiger partial charge < -0.3 is 10.1 Å². The lowest BCUT2D eigenvalue weighted by atomic mass is 10.0. The summed E-state index contributed by atoms with van der Waals surface area (Å²) in [6, 6.07) is 9.23. The molecule has 1 aliphatic rings. The quantitative estimate of drug-likeness (QED) is 0.311. The molecule has 0 aliphatic carbocycles. The number of carbonyl (C=O) groups is 1. The summed E-state index contributed by atoms with van der Waals surface area (Å²) >= 11 is 12.7. The van der Waals surface area contributed by atoms with Crippen LogP contribution in [0.5, 0.6) is 5.75 Å². The second-order valence-corrected chi connectivity index (χ2v) is 11.8. The first-order chi connectivity index (χ1) is 16.7. The van der Waals surface area contributed by atoms with Gasteiger partial charge in [0.05, 0.1) is 21.5 Å². The molecular formula is C26H34Cl2N2O4S. The number of sulfonamides is 1. The van der Waals surface area contributed by atoms with Gasteiger partial charge in [0.15, 0.2) is 5.75 Å². The fourth-order valence-corrected chi connectivity index (χ4v) is 6.06. The molecule has 2 aromatic rings. The number of halogens is 2. The molecule has 1 aliphatic heterocycles. The van der Waals surface area contributed by atoms with Crippen LogP contribution in [-0.4, -0.2) is 38.3 Å². The van der Waals surface area contributed by atoms with Gasteiger partial charge in [0.1, 0.15) is 0 Å². The highest BCUT2D eigenvalue weighted by atomic mass is 35.5. The van der Waals surface area contributed by atoms with Crippen LogP contribution in [0.2, 0.25) is 10.0 Å². The highest BCUT2D eigenvalue weighted by Crippen LogP contribution is 2.35. The summed E-state index contributed by atoms with van der Waals surface area (Å²) in [5, 5.41) is 3.31.